The normalized spacial score (nSPS) is 11.6. The summed E-state index contributed by atoms with van der Waals surface area (Å²) >= 11 is 0. The van der Waals surface area contributed by atoms with Crippen LogP contribution in [-0.4, -0.2) is 6.61 Å². The van der Waals surface area contributed by atoms with Crippen LogP contribution in [0.4, 0.5) is 0 Å². The van der Waals surface area contributed by atoms with Crippen molar-refractivity contribution in [3.63, 3.8) is 0 Å². The van der Waals surface area contributed by atoms with Crippen molar-refractivity contribution in [3.05, 3.63) is 36.3 Å². The van der Waals surface area contributed by atoms with Crippen LogP contribution < -0.4 is 5.90 Å². The molecule has 0 saturated heterocycles. The second-order valence-electron chi connectivity index (χ2n) is 3.65. The van der Waals surface area contributed by atoms with Crippen molar-refractivity contribution in [1.82, 2.24) is 0 Å². The van der Waals surface area contributed by atoms with Crippen LogP contribution in [0.25, 0.3) is 21.9 Å². The maximum absolute atomic E-state index is 5.49. The van der Waals surface area contributed by atoms with E-state index in [0.717, 1.165) is 27.5 Å². The van der Waals surface area contributed by atoms with E-state index in [2.05, 4.69) is 4.84 Å². The molecule has 0 saturated carbocycles. The predicted octanol–water partition coefficient (Wildman–Crippen LogP) is 2.61. The summed E-state index contributed by atoms with van der Waals surface area (Å²) in [7, 11) is 0. The maximum Gasteiger partial charge on any atom is 0.137 e. The molecule has 4 heteroatoms. The predicted molar refractivity (Wildman–Crippen MR) is 59.8 cm³/mol. The fraction of sp³-hybridized carbons (Fsp3) is 0.167. The van der Waals surface area contributed by atoms with E-state index in [4.69, 9.17) is 14.7 Å². The highest BCUT2D eigenvalue weighted by Gasteiger charge is 2.11. The number of rotatable bonds is 3. The van der Waals surface area contributed by atoms with Gasteiger partial charge < -0.3 is 13.7 Å². The van der Waals surface area contributed by atoms with Gasteiger partial charge in [-0.05, 0) is 18.2 Å². The van der Waals surface area contributed by atoms with Gasteiger partial charge in [-0.25, -0.2) is 5.90 Å². The zero-order valence-corrected chi connectivity index (χ0v) is 8.60. The van der Waals surface area contributed by atoms with Crippen LogP contribution in [0.15, 0.2) is 39.6 Å². The molecule has 0 aliphatic rings. The van der Waals surface area contributed by atoms with Crippen LogP contribution in [0, 0.1) is 0 Å². The largest absolute Gasteiger partial charge is 0.464 e. The van der Waals surface area contributed by atoms with Crippen LogP contribution in [0.2, 0.25) is 0 Å². The maximum atomic E-state index is 5.49. The molecule has 1 aromatic carbocycles. The third-order valence-electron chi connectivity index (χ3n) is 2.75. The minimum atomic E-state index is 0.458. The lowest BCUT2D eigenvalue weighted by Gasteiger charge is -2.03. The van der Waals surface area contributed by atoms with Crippen molar-refractivity contribution in [2.75, 3.05) is 6.61 Å². The van der Waals surface area contributed by atoms with E-state index in [0.29, 0.717) is 13.0 Å². The number of hydrogen-bond acceptors (Lipinski definition) is 4. The summed E-state index contributed by atoms with van der Waals surface area (Å²) in [6, 6.07) is 5.83. The van der Waals surface area contributed by atoms with E-state index >= 15 is 0 Å². The summed E-state index contributed by atoms with van der Waals surface area (Å²) < 4.78 is 10.9. The van der Waals surface area contributed by atoms with Crippen molar-refractivity contribution in [1.29, 1.82) is 0 Å². The molecular weight excluding hydrogens is 206 g/mol. The van der Waals surface area contributed by atoms with Crippen molar-refractivity contribution in [2.24, 2.45) is 5.90 Å². The first kappa shape index (κ1) is 9.45. The zero-order valence-electron chi connectivity index (χ0n) is 8.60. The monoisotopic (exact) mass is 217 g/mol. The van der Waals surface area contributed by atoms with Crippen LogP contribution in [0.1, 0.15) is 5.56 Å². The SMILES string of the molecule is NOCCc1c2ccoc2cc2ccoc12. The molecule has 0 fully saturated rings. The Morgan fingerprint density at radius 3 is 2.94 bits per heavy atom. The van der Waals surface area contributed by atoms with Crippen LogP contribution in [-0.2, 0) is 11.3 Å². The number of fused-ring (bicyclic) bond motifs is 2. The number of furan rings is 2. The van der Waals surface area contributed by atoms with Gasteiger partial charge in [0.15, 0.2) is 0 Å². The topological polar surface area (TPSA) is 61.5 Å². The Kier molecular flexibility index (Phi) is 2.16. The number of nitrogens with two attached hydrogens (primary N) is 1. The Morgan fingerprint density at radius 2 is 2.06 bits per heavy atom. The lowest BCUT2D eigenvalue weighted by Crippen LogP contribution is -2.04. The smallest absolute Gasteiger partial charge is 0.137 e. The third kappa shape index (κ3) is 1.31. The van der Waals surface area contributed by atoms with Crippen molar-refractivity contribution in [2.45, 2.75) is 6.42 Å². The van der Waals surface area contributed by atoms with Gasteiger partial charge in [-0.2, -0.15) is 0 Å². The van der Waals surface area contributed by atoms with Gasteiger partial charge in [0.2, 0.25) is 0 Å². The fourth-order valence-electron chi connectivity index (χ4n) is 2.03. The molecule has 16 heavy (non-hydrogen) atoms. The van der Waals surface area contributed by atoms with E-state index < -0.39 is 0 Å². The van der Waals surface area contributed by atoms with Crippen LogP contribution >= 0.6 is 0 Å². The first-order valence-corrected chi connectivity index (χ1v) is 5.08. The van der Waals surface area contributed by atoms with Crippen molar-refractivity contribution in [3.8, 4) is 0 Å². The fourth-order valence-corrected chi connectivity index (χ4v) is 2.03. The second kappa shape index (κ2) is 3.66. The van der Waals surface area contributed by atoms with Crippen LogP contribution in [0.5, 0.6) is 0 Å². The summed E-state index contributed by atoms with van der Waals surface area (Å²) in [4.78, 5) is 4.62. The average molecular weight is 217 g/mol. The molecule has 3 aromatic rings. The summed E-state index contributed by atoms with van der Waals surface area (Å²) in [6.07, 6.45) is 4.06. The Labute approximate surface area is 91.5 Å². The number of hydrogen-bond donors (Lipinski definition) is 1. The Morgan fingerprint density at radius 1 is 1.19 bits per heavy atom. The highest BCUT2D eigenvalue weighted by Crippen LogP contribution is 2.30. The van der Waals surface area contributed by atoms with Crippen molar-refractivity contribution < 1.29 is 13.7 Å². The summed E-state index contributed by atoms with van der Waals surface area (Å²) in [6.45, 7) is 0.458. The Bertz CT molecular complexity index is 575. The molecule has 0 spiro atoms. The van der Waals surface area contributed by atoms with Gasteiger partial charge in [0.1, 0.15) is 11.2 Å². The molecule has 2 aromatic heterocycles. The molecule has 3 rings (SSSR count). The molecule has 0 radical (unpaired) electrons. The molecule has 0 bridgehead atoms. The van der Waals surface area contributed by atoms with Gasteiger partial charge in [-0.3, -0.25) is 0 Å². The standard InChI is InChI=1S/C12H11NO3/c13-16-6-3-10-9-2-5-14-11(9)7-8-1-4-15-12(8)10/h1-2,4-5,7H,3,6,13H2. The van der Waals surface area contributed by atoms with Gasteiger partial charge in [0.05, 0.1) is 19.1 Å². The lowest BCUT2D eigenvalue weighted by atomic mass is 10.0. The quantitative estimate of drug-likeness (QED) is 0.685. The molecule has 0 aliphatic carbocycles. The molecule has 0 amide bonds. The minimum absolute atomic E-state index is 0.458. The molecule has 0 unspecified atom stereocenters. The number of benzene rings is 1. The van der Waals surface area contributed by atoms with E-state index in [1.54, 1.807) is 12.5 Å². The molecular formula is C12H11NO3. The molecule has 2 N–H and O–H groups in total. The van der Waals surface area contributed by atoms with Crippen molar-refractivity contribution >= 4 is 21.9 Å². The molecule has 0 atom stereocenters. The van der Waals surface area contributed by atoms with E-state index in [-0.39, 0.29) is 0 Å². The Hall–Kier alpha value is -1.78. The summed E-state index contributed by atoms with van der Waals surface area (Å²) in [5, 5.41) is 2.09. The highest BCUT2D eigenvalue weighted by atomic mass is 16.6. The Balaban J connectivity index is 2.29. The molecule has 4 nitrogen and oxygen atoms in total. The lowest BCUT2D eigenvalue weighted by molar-refractivity contribution is 0.141. The average Bonchev–Trinajstić information content (AvgIpc) is 2.91. The molecule has 82 valence electrons. The van der Waals surface area contributed by atoms with E-state index in [1.165, 1.54) is 0 Å². The van der Waals surface area contributed by atoms with Gasteiger partial charge in [0, 0.05) is 22.8 Å². The van der Waals surface area contributed by atoms with Crippen LogP contribution in [0.3, 0.4) is 0 Å². The second-order valence-corrected chi connectivity index (χ2v) is 3.65. The van der Waals surface area contributed by atoms with E-state index in [9.17, 15) is 0 Å². The zero-order chi connectivity index (χ0) is 11.0. The molecule has 2 heterocycles. The summed E-state index contributed by atoms with van der Waals surface area (Å²) in [5.74, 6) is 5.06. The van der Waals surface area contributed by atoms with Gasteiger partial charge in [-0.1, -0.05) is 0 Å². The third-order valence-corrected chi connectivity index (χ3v) is 2.75. The van der Waals surface area contributed by atoms with Gasteiger partial charge in [0.25, 0.3) is 0 Å². The molecule has 0 aliphatic heterocycles. The van der Waals surface area contributed by atoms with E-state index in [1.807, 2.05) is 18.2 Å². The first-order chi connectivity index (χ1) is 7.90. The summed E-state index contributed by atoms with van der Waals surface area (Å²) in [5.41, 5.74) is 2.82. The minimum Gasteiger partial charge on any atom is -0.464 e. The van der Waals surface area contributed by atoms with Gasteiger partial charge >= 0.3 is 0 Å². The highest BCUT2D eigenvalue weighted by molar-refractivity contribution is 5.97. The van der Waals surface area contributed by atoms with Gasteiger partial charge in [-0.15, -0.1) is 0 Å². The first-order valence-electron chi connectivity index (χ1n) is 5.08.